The first-order valence-corrected chi connectivity index (χ1v) is 8.98. The van der Waals surface area contributed by atoms with E-state index in [1.165, 1.54) is 5.56 Å². The average Bonchev–Trinajstić information content (AvgIpc) is 2.64. The van der Waals surface area contributed by atoms with Crippen molar-refractivity contribution in [3.8, 4) is 0 Å². The van der Waals surface area contributed by atoms with Crippen LogP contribution >= 0.6 is 12.6 Å². The minimum atomic E-state index is -1.07. The lowest BCUT2D eigenvalue weighted by atomic mass is 9.99. The Hall–Kier alpha value is -2.27. The van der Waals surface area contributed by atoms with Crippen molar-refractivity contribution < 1.29 is 14.7 Å². The number of carbonyl (C=O) groups excluding carboxylic acids is 1. The second kappa shape index (κ2) is 9.89. The third kappa shape index (κ3) is 5.94. The van der Waals surface area contributed by atoms with Crippen LogP contribution in [0.25, 0.3) is 0 Å². The van der Waals surface area contributed by atoms with E-state index in [-0.39, 0.29) is 11.8 Å². The number of nitrogens with one attached hydrogen (secondary N) is 1. The quantitative estimate of drug-likeness (QED) is 0.602. The zero-order valence-electron chi connectivity index (χ0n) is 14.0. The minimum Gasteiger partial charge on any atom is -0.479 e. The van der Waals surface area contributed by atoms with Gasteiger partial charge >= 0.3 is 5.97 Å². The molecule has 0 aliphatic carbocycles. The van der Waals surface area contributed by atoms with Crippen molar-refractivity contribution in [2.24, 2.45) is 5.92 Å². The molecule has 0 heterocycles. The van der Waals surface area contributed by atoms with Gasteiger partial charge in [-0.2, -0.15) is 12.6 Å². The molecule has 2 aromatic rings. The number of amides is 1. The molecular weight excluding hydrogens is 334 g/mol. The van der Waals surface area contributed by atoms with Gasteiger partial charge in [0.2, 0.25) is 5.91 Å². The van der Waals surface area contributed by atoms with Gasteiger partial charge in [0.15, 0.2) is 6.04 Å². The van der Waals surface area contributed by atoms with Crippen LogP contribution in [-0.4, -0.2) is 22.7 Å². The summed E-state index contributed by atoms with van der Waals surface area (Å²) in [6.45, 7) is 0. The molecule has 2 aromatic carbocycles. The van der Waals surface area contributed by atoms with Gasteiger partial charge in [-0.25, -0.2) is 4.79 Å². The van der Waals surface area contributed by atoms with Crippen LogP contribution in [0.4, 0.5) is 0 Å². The maximum Gasteiger partial charge on any atom is 0.330 e. The molecule has 1 amide bonds. The maximum absolute atomic E-state index is 12.5. The topological polar surface area (TPSA) is 66.4 Å². The molecule has 0 unspecified atom stereocenters. The monoisotopic (exact) mass is 357 g/mol. The minimum absolute atomic E-state index is 0.265. The summed E-state index contributed by atoms with van der Waals surface area (Å²) in [4.78, 5) is 24.0. The Balaban J connectivity index is 1.92. The highest BCUT2D eigenvalue weighted by atomic mass is 32.1. The zero-order valence-corrected chi connectivity index (χ0v) is 14.9. The molecule has 2 atom stereocenters. The van der Waals surface area contributed by atoms with Crippen molar-refractivity contribution >= 4 is 24.5 Å². The molecule has 0 aromatic heterocycles. The Labute approximate surface area is 153 Å². The number of hydrogen-bond donors (Lipinski definition) is 3. The van der Waals surface area contributed by atoms with Crippen molar-refractivity contribution in [1.82, 2.24) is 5.32 Å². The standard InChI is InChI=1S/C20H23NO3S/c22-19(21-18(20(23)24)16-11-5-2-6-12-16)17(14-25)13-7-10-15-8-3-1-4-9-15/h1-6,8-9,11-12,17-18,25H,7,10,13-14H2,(H,21,22)(H,23,24)/t17-,18-/m1/s1. The number of carbonyl (C=O) groups is 2. The smallest absolute Gasteiger partial charge is 0.330 e. The van der Waals surface area contributed by atoms with Gasteiger partial charge in [-0.15, -0.1) is 0 Å². The first-order valence-electron chi connectivity index (χ1n) is 8.34. The van der Waals surface area contributed by atoms with Gasteiger partial charge in [0, 0.05) is 11.7 Å². The zero-order chi connectivity index (χ0) is 18.1. The third-order valence-electron chi connectivity index (χ3n) is 4.12. The van der Waals surface area contributed by atoms with Gasteiger partial charge < -0.3 is 10.4 Å². The first-order chi connectivity index (χ1) is 12.1. The summed E-state index contributed by atoms with van der Waals surface area (Å²) in [7, 11) is 0. The van der Waals surface area contributed by atoms with E-state index in [1.807, 2.05) is 24.3 Å². The number of aryl methyl sites for hydroxylation is 1. The van der Waals surface area contributed by atoms with Crippen LogP contribution in [0.2, 0.25) is 0 Å². The van der Waals surface area contributed by atoms with E-state index in [9.17, 15) is 14.7 Å². The van der Waals surface area contributed by atoms with E-state index in [0.29, 0.717) is 17.7 Å². The summed E-state index contributed by atoms with van der Waals surface area (Å²) in [5, 5.41) is 12.1. The summed E-state index contributed by atoms with van der Waals surface area (Å²) >= 11 is 4.27. The van der Waals surface area contributed by atoms with Gasteiger partial charge in [-0.05, 0) is 30.4 Å². The van der Waals surface area contributed by atoms with Crippen LogP contribution < -0.4 is 5.32 Å². The van der Waals surface area contributed by atoms with Gasteiger partial charge in [0.25, 0.3) is 0 Å². The molecule has 25 heavy (non-hydrogen) atoms. The van der Waals surface area contributed by atoms with Crippen molar-refractivity contribution in [3.63, 3.8) is 0 Å². The normalized spacial score (nSPS) is 13.0. The van der Waals surface area contributed by atoms with Crippen molar-refractivity contribution in [3.05, 3.63) is 71.8 Å². The van der Waals surface area contributed by atoms with E-state index in [0.717, 1.165) is 12.8 Å². The van der Waals surface area contributed by atoms with Crippen LogP contribution in [0.5, 0.6) is 0 Å². The molecular formula is C20H23NO3S. The van der Waals surface area contributed by atoms with Crippen molar-refractivity contribution in [2.75, 3.05) is 5.75 Å². The number of carboxylic acid groups (broad SMARTS) is 1. The molecule has 0 aliphatic rings. The molecule has 0 bridgehead atoms. The Morgan fingerprint density at radius 3 is 2.16 bits per heavy atom. The second-order valence-corrected chi connectivity index (χ2v) is 6.31. The third-order valence-corrected chi connectivity index (χ3v) is 4.56. The van der Waals surface area contributed by atoms with Gasteiger partial charge in [0.05, 0.1) is 0 Å². The number of thiol groups is 1. The molecule has 132 valence electrons. The van der Waals surface area contributed by atoms with Gasteiger partial charge in [-0.1, -0.05) is 60.7 Å². The predicted octanol–water partition coefficient (Wildman–Crippen LogP) is 3.50. The molecule has 0 radical (unpaired) electrons. The second-order valence-electron chi connectivity index (χ2n) is 5.95. The Kier molecular flexibility index (Phi) is 7.54. The lowest BCUT2D eigenvalue weighted by Crippen LogP contribution is -2.38. The highest BCUT2D eigenvalue weighted by Crippen LogP contribution is 2.17. The fourth-order valence-electron chi connectivity index (χ4n) is 2.70. The Morgan fingerprint density at radius 2 is 1.60 bits per heavy atom. The van der Waals surface area contributed by atoms with Crippen LogP contribution in [-0.2, 0) is 16.0 Å². The van der Waals surface area contributed by atoms with E-state index in [4.69, 9.17) is 0 Å². The highest BCUT2D eigenvalue weighted by Gasteiger charge is 2.25. The van der Waals surface area contributed by atoms with Crippen molar-refractivity contribution in [2.45, 2.75) is 25.3 Å². The largest absolute Gasteiger partial charge is 0.479 e. The average molecular weight is 357 g/mol. The summed E-state index contributed by atoms with van der Waals surface area (Å²) in [6.07, 6.45) is 2.41. The maximum atomic E-state index is 12.5. The number of rotatable bonds is 9. The number of carboxylic acids is 1. The summed E-state index contributed by atoms with van der Waals surface area (Å²) in [6, 6.07) is 17.8. The van der Waals surface area contributed by atoms with E-state index < -0.39 is 12.0 Å². The highest BCUT2D eigenvalue weighted by molar-refractivity contribution is 7.80. The molecule has 2 N–H and O–H groups in total. The Bertz CT molecular complexity index is 676. The van der Waals surface area contributed by atoms with Crippen LogP contribution in [0.15, 0.2) is 60.7 Å². The SMILES string of the molecule is O=C(N[C@@H](C(=O)O)c1ccccc1)[C@@H](CS)CCCc1ccccc1. The van der Waals surface area contributed by atoms with E-state index >= 15 is 0 Å². The molecule has 0 aliphatic heterocycles. The lowest BCUT2D eigenvalue weighted by Gasteiger charge is -2.19. The molecule has 0 fully saturated rings. The molecule has 0 spiro atoms. The summed E-state index contributed by atoms with van der Waals surface area (Å²) in [5.74, 6) is -1.25. The van der Waals surface area contributed by atoms with E-state index in [2.05, 4.69) is 30.1 Å². The van der Waals surface area contributed by atoms with Crippen LogP contribution in [0, 0.1) is 5.92 Å². The summed E-state index contributed by atoms with van der Waals surface area (Å²) in [5.41, 5.74) is 1.79. The first kappa shape index (κ1) is 19.1. The molecule has 2 rings (SSSR count). The predicted molar refractivity (Wildman–Crippen MR) is 102 cm³/mol. The number of hydrogen-bond acceptors (Lipinski definition) is 3. The van der Waals surface area contributed by atoms with E-state index in [1.54, 1.807) is 24.3 Å². The fraction of sp³-hybridized carbons (Fsp3) is 0.300. The molecule has 5 heteroatoms. The number of benzene rings is 2. The lowest BCUT2D eigenvalue weighted by molar-refractivity contribution is -0.142. The molecule has 0 saturated carbocycles. The van der Waals surface area contributed by atoms with Crippen molar-refractivity contribution in [1.29, 1.82) is 0 Å². The molecule has 0 saturated heterocycles. The number of aliphatic carboxylic acids is 1. The van der Waals surface area contributed by atoms with Crippen LogP contribution in [0.1, 0.15) is 30.0 Å². The van der Waals surface area contributed by atoms with Gasteiger partial charge in [0.1, 0.15) is 0 Å². The Morgan fingerprint density at radius 1 is 1.00 bits per heavy atom. The van der Waals surface area contributed by atoms with Gasteiger partial charge in [-0.3, -0.25) is 4.79 Å². The molecule has 4 nitrogen and oxygen atoms in total. The fourth-order valence-corrected chi connectivity index (χ4v) is 3.04. The summed E-state index contributed by atoms with van der Waals surface area (Å²) < 4.78 is 0. The van der Waals surface area contributed by atoms with Crippen LogP contribution in [0.3, 0.4) is 0 Å².